The molecule has 3 rings (SSSR count). The maximum absolute atomic E-state index is 10.6. The molecule has 0 spiro atoms. The molecule has 5 N–H and O–H groups in total. The highest BCUT2D eigenvalue weighted by Gasteiger charge is 1.99. The number of carbonyl (C=O) groups excluding carboxylic acids is 1. The van der Waals surface area contributed by atoms with Crippen molar-refractivity contribution < 1.29 is 4.79 Å². The topological polar surface area (TPSA) is 149 Å². The number of carbonyl (C=O) groups is 1. The van der Waals surface area contributed by atoms with Crippen molar-refractivity contribution in [3.63, 3.8) is 0 Å². The maximum atomic E-state index is 10.6. The highest BCUT2D eigenvalue weighted by Crippen LogP contribution is 2.09. The zero-order chi connectivity index (χ0) is 15.9. The van der Waals surface area contributed by atoms with Crippen LogP contribution in [0.5, 0.6) is 0 Å². The lowest BCUT2D eigenvalue weighted by atomic mass is 10.3. The van der Waals surface area contributed by atoms with E-state index in [4.69, 9.17) is 11.5 Å². The molecule has 10 heteroatoms. The Morgan fingerprint density at radius 1 is 1.27 bits per heavy atom. The summed E-state index contributed by atoms with van der Waals surface area (Å²) in [6.45, 7) is 0. The van der Waals surface area contributed by atoms with Gasteiger partial charge >= 0.3 is 0 Å². The van der Waals surface area contributed by atoms with Crippen molar-refractivity contribution in [1.29, 1.82) is 0 Å². The molecule has 0 aromatic carbocycles. The summed E-state index contributed by atoms with van der Waals surface area (Å²) in [6.07, 6.45) is 4.27. The van der Waals surface area contributed by atoms with E-state index in [9.17, 15) is 4.79 Å². The SMILES string of the molecule is NC(=O)c1ccc(N=C=S)nc1.Nc1ncnc2nc[nH]c12. The first-order valence-corrected chi connectivity index (χ1v) is 6.26. The van der Waals surface area contributed by atoms with Crippen LogP contribution in [0.1, 0.15) is 10.4 Å². The number of rotatable bonds is 2. The number of anilines is 1. The lowest BCUT2D eigenvalue weighted by Crippen LogP contribution is -2.10. The Morgan fingerprint density at radius 3 is 2.68 bits per heavy atom. The van der Waals surface area contributed by atoms with E-state index in [1.807, 2.05) is 0 Å². The van der Waals surface area contributed by atoms with Crippen LogP contribution >= 0.6 is 12.2 Å². The Morgan fingerprint density at radius 2 is 2.09 bits per heavy atom. The van der Waals surface area contributed by atoms with Crippen molar-refractivity contribution >= 4 is 46.1 Å². The first kappa shape index (κ1) is 15.2. The lowest BCUT2D eigenvalue weighted by molar-refractivity contribution is 0.1000. The van der Waals surface area contributed by atoms with Crippen molar-refractivity contribution in [3.05, 3.63) is 36.5 Å². The molecule has 9 nitrogen and oxygen atoms in total. The third-order valence-electron chi connectivity index (χ3n) is 2.44. The van der Waals surface area contributed by atoms with E-state index in [-0.39, 0.29) is 0 Å². The van der Waals surface area contributed by atoms with E-state index < -0.39 is 5.91 Å². The number of isothiocyanates is 1. The molecule has 110 valence electrons. The minimum absolute atomic E-state index is 0.346. The molecule has 0 fully saturated rings. The smallest absolute Gasteiger partial charge is 0.250 e. The highest BCUT2D eigenvalue weighted by molar-refractivity contribution is 7.78. The third-order valence-corrected chi connectivity index (χ3v) is 2.54. The molecule has 0 atom stereocenters. The third kappa shape index (κ3) is 3.66. The van der Waals surface area contributed by atoms with Gasteiger partial charge in [0, 0.05) is 6.20 Å². The average Bonchev–Trinajstić information content (AvgIpc) is 2.99. The fourth-order valence-electron chi connectivity index (χ4n) is 1.43. The Kier molecular flexibility index (Phi) is 4.81. The van der Waals surface area contributed by atoms with Crippen LogP contribution in [0.4, 0.5) is 11.6 Å². The number of hydrogen-bond acceptors (Lipinski definition) is 8. The molecule has 0 unspecified atom stereocenters. The number of nitrogens with one attached hydrogen (secondary N) is 1. The molecular formula is C12H10N8OS. The Bertz CT molecular complexity index is 817. The van der Waals surface area contributed by atoms with Gasteiger partial charge in [-0.05, 0) is 24.4 Å². The van der Waals surface area contributed by atoms with Gasteiger partial charge in [0.1, 0.15) is 11.8 Å². The first-order chi connectivity index (χ1) is 10.6. The zero-order valence-corrected chi connectivity index (χ0v) is 11.9. The number of amides is 1. The standard InChI is InChI=1S/C7H5N3OS.C5H5N5/c8-7(11)5-1-2-6(9-3-5)10-4-12;6-4-3-5(9-1-7-3)10-2-8-4/h1-3H,(H2,8,11);1-2H,(H3,6,7,8,9,10). The number of aromatic nitrogens is 5. The van der Waals surface area contributed by atoms with Gasteiger partial charge in [0.25, 0.3) is 0 Å². The molecule has 0 saturated carbocycles. The highest BCUT2D eigenvalue weighted by atomic mass is 32.1. The quantitative estimate of drug-likeness (QED) is 0.469. The normalized spacial score (nSPS) is 9.45. The molecule has 1 amide bonds. The van der Waals surface area contributed by atoms with Crippen LogP contribution in [-0.2, 0) is 0 Å². The molecule has 0 aliphatic rings. The minimum atomic E-state index is -0.514. The molecule has 0 saturated heterocycles. The van der Waals surface area contributed by atoms with E-state index in [2.05, 4.69) is 47.3 Å². The summed E-state index contributed by atoms with van der Waals surface area (Å²) in [7, 11) is 0. The predicted molar refractivity (Wildman–Crippen MR) is 83.5 cm³/mol. The van der Waals surface area contributed by atoms with E-state index in [0.717, 1.165) is 0 Å². The number of aliphatic imine (C=N–C) groups is 1. The van der Waals surface area contributed by atoms with Crippen molar-refractivity contribution in [2.24, 2.45) is 10.7 Å². The number of primary amides is 1. The number of hydrogen-bond donors (Lipinski definition) is 3. The summed E-state index contributed by atoms with van der Waals surface area (Å²) in [5.41, 5.74) is 12.1. The van der Waals surface area contributed by atoms with Gasteiger partial charge in [0.15, 0.2) is 17.3 Å². The Labute approximate surface area is 129 Å². The summed E-state index contributed by atoms with van der Waals surface area (Å²) in [5.74, 6) is 0.331. The molecule has 0 bridgehead atoms. The van der Waals surface area contributed by atoms with Gasteiger partial charge in [-0.2, -0.15) is 4.99 Å². The van der Waals surface area contributed by atoms with Gasteiger partial charge in [-0.25, -0.2) is 19.9 Å². The van der Waals surface area contributed by atoms with Gasteiger partial charge in [-0.15, -0.1) is 0 Å². The summed E-state index contributed by atoms with van der Waals surface area (Å²) < 4.78 is 0. The van der Waals surface area contributed by atoms with Crippen LogP contribution in [0.15, 0.2) is 36.0 Å². The number of nitrogens with two attached hydrogens (primary N) is 2. The first-order valence-electron chi connectivity index (χ1n) is 5.85. The summed E-state index contributed by atoms with van der Waals surface area (Å²) in [6, 6.07) is 3.07. The van der Waals surface area contributed by atoms with E-state index in [1.165, 1.54) is 24.9 Å². The molecule has 3 heterocycles. The summed E-state index contributed by atoms with van der Waals surface area (Å²) >= 11 is 4.37. The van der Waals surface area contributed by atoms with E-state index in [0.29, 0.717) is 28.4 Å². The maximum Gasteiger partial charge on any atom is 0.250 e. The van der Waals surface area contributed by atoms with Gasteiger partial charge in [0.2, 0.25) is 5.91 Å². The number of imidazole rings is 1. The Balaban J connectivity index is 0.000000162. The summed E-state index contributed by atoms with van der Waals surface area (Å²) in [4.78, 5) is 32.4. The van der Waals surface area contributed by atoms with Crippen molar-refractivity contribution in [3.8, 4) is 0 Å². The zero-order valence-electron chi connectivity index (χ0n) is 11.1. The number of nitrogen functional groups attached to an aromatic ring is 1. The van der Waals surface area contributed by atoms with Crippen LogP contribution in [0.3, 0.4) is 0 Å². The number of aromatic amines is 1. The van der Waals surface area contributed by atoms with E-state index in [1.54, 1.807) is 6.07 Å². The van der Waals surface area contributed by atoms with Gasteiger partial charge in [-0.1, -0.05) is 0 Å². The van der Waals surface area contributed by atoms with Gasteiger partial charge in [0.05, 0.1) is 17.1 Å². The largest absolute Gasteiger partial charge is 0.382 e. The van der Waals surface area contributed by atoms with E-state index >= 15 is 0 Å². The monoisotopic (exact) mass is 314 g/mol. The molecule has 3 aromatic rings. The second-order valence-corrected chi connectivity index (χ2v) is 4.02. The predicted octanol–water partition coefficient (Wildman–Crippen LogP) is 0.850. The van der Waals surface area contributed by atoms with Crippen molar-refractivity contribution in [2.75, 3.05) is 5.73 Å². The van der Waals surface area contributed by atoms with Gasteiger partial charge in [-0.3, -0.25) is 4.79 Å². The van der Waals surface area contributed by atoms with Crippen molar-refractivity contribution in [2.45, 2.75) is 0 Å². The molecular weight excluding hydrogens is 304 g/mol. The lowest BCUT2D eigenvalue weighted by Gasteiger charge is -1.93. The number of pyridine rings is 1. The van der Waals surface area contributed by atoms with Crippen molar-refractivity contribution in [1.82, 2.24) is 24.9 Å². The molecule has 22 heavy (non-hydrogen) atoms. The fraction of sp³-hybridized carbons (Fsp3) is 0. The molecule has 0 aliphatic heterocycles. The van der Waals surface area contributed by atoms with Crippen LogP contribution in [0.25, 0.3) is 11.2 Å². The fourth-order valence-corrected chi connectivity index (χ4v) is 1.52. The second-order valence-electron chi connectivity index (χ2n) is 3.83. The number of thiocarbonyl (C=S) groups is 1. The van der Waals surface area contributed by atoms with Gasteiger partial charge < -0.3 is 16.5 Å². The molecule has 0 aliphatic carbocycles. The Hall–Kier alpha value is -3.23. The number of fused-ring (bicyclic) bond motifs is 1. The molecule has 3 aromatic heterocycles. The summed E-state index contributed by atoms with van der Waals surface area (Å²) in [5, 5.41) is 2.16. The van der Waals surface area contributed by atoms with Crippen LogP contribution < -0.4 is 11.5 Å². The number of nitrogens with zero attached hydrogens (tertiary/aromatic N) is 5. The second kappa shape index (κ2) is 6.97. The van der Waals surface area contributed by atoms with Crippen LogP contribution in [0, 0.1) is 0 Å². The molecule has 0 radical (unpaired) electrons. The average molecular weight is 314 g/mol. The van der Waals surface area contributed by atoms with Crippen LogP contribution in [0.2, 0.25) is 0 Å². The minimum Gasteiger partial charge on any atom is -0.382 e. The van der Waals surface area contributed by atoms with Crippen LogP contribution in [-0.4, -0.2) is 36.0 Å². The number of H-pyrrole nitrogens is 1.